The molecule has 1 aliphatic heterocycles. The Morgan fingerprint density at radius 3 is 1.98 bits per heavy atom. The number of halogens is 3. The third kappa shape index (κ3) is 9.96. The molecule has 0 spiro atoms. The van der Waals surface area contributed by atoms with Crippen LogP contribution >= 0.6 is 11.3 Å². The van der Waals surface area contributed by atoms with E-state index in [0.29, 0.717) is 23.4 Å². The first-order valence-electron chi connectivity index (χ1n) is 13.6. The number of carbonyl (C=O) groups excluding carboxylic acids is 2. The number of thiophene rings is 1. The second-order valence-electron chi connectivity index (χ2n) is 10.0. The Balaban J connectivity index is 0.000000707. The zero-order valence-corrected chi connectivity index (χ0v) is 24.5. The van der Waals surface area contributed by atoms with Crippen molar-refractivity contribution in [1.82, 2.24) is 16.0 Å². The summed E-state index contributed by atoms with van der Waals surface area (Å²) < 4.78 is 31.7. The highest BCUT2D eigenvalue weighted by molar-refractivity contribution is 7.12. The Morgan fingerprint density at radius 2 is 1.56 bits per heavy atom. The third-order valence-electron chi connectivity index (χ3n) is 6.84. The molecule has 1 fully saturated rings. The largest absolute Gasteiger partial charge is 0.490 e. The molecule has 1 aliphatic rings. The molecule has 0 bridgehead atoms. The zero-order valence-electron chi connectivity index (χ0n) is 23.7. The third-order valence-corrected chi connectivity index (χ3v) is 7.82. The van der Waals surface area contributed by atoms with E-state index in [0.717, 1.165) is 17.5 Å². The maximum absolute atomic E-state index is 14.0. The quantitative estimate of drug-likeness (QED) is 0.114. The van der Waals surface area contributed by atoms with Crippen molar-refractivity contribution in [3.05, 3.63) is 93.7 Å². The van der Waals surface area contributed by atoms with Gasteiger partial charge in [0.25, 0.3) is 0 Å². The number of carbonyl (C=O) groups is 4. The van der Waals surface area contributed by atoms with E-state index in [1.54, 1.807) is 11.4 Å². The molecule has 240 valence electrons. The van der Waals surface area contributed by atoms with E-state index >= 15 is 0 Å². The summed E-state index contributed by atoms with van der Waals surface area (Å²) in [7, 11) is 0. The monoisotopic (exact) mass is 647 g/mol. The van der Waals surface area contributed by atoms with Crippen LogP contribution in [0.3, 0.4) is 0 Å². The number of carboxylic acid groups (broad SMARTS) is 2. The number of amides is 1. The number of ketones is 1. The summed E-state index contributed by atoms with van der Waals surface area (Å²) in [5, 5.41) is 35.1. The van der Waals surface area contributed by atoms with Crippen LogP contribution in [0.25, 0.3) is 0 Å². The van der Waals surface area contributed by atoms with Gasteiger partial charge in [-0.2, -0.15) is 13.2 Å². The molecular weight excluding hydrogens is 615 g/mol. The van der Waals surface area contributed by atoms with Gasteiger partial charge in [-0.1, -0.05) is 60.7 Å². The molecule has 1 saturated heterocycles. The van der Waals surface area contributed by atoms with Crippen LogP contribution in [0.1, 0.15) is 46.4 Å². The van der Waals surface area contributed by atoms with Gasteiger partial charge in [-0.05, 0) is 47.5 Å². The molecule has 1 unspecified atom stereocenters. The normalized spacial score (nSPS) is 15.8. The molecule has 1 aromatic heterocycles. The predicted octanol–water partition coefficient (Wildman–Crippen LogP) is 3.02. The molecule has 0 saturated carbocycles. The molecule has 3 atom stereocenters. The van der Waals surface area contributed by atoms with Gasteiger partial charge in [0, 0.05) is 5.92 Å². The Bertz CT molecular complexity index is 1440. The Hall–Kier alpha value is -4.60. The first-order chi connectivity index (χ1) is 21.3. The number of hydrogen-bond donors (Lipinski definition) is 7. The van der Waals surface area contributed by atoms with Gasteiger partial charge < -0.3 is 26.6 Å². The van der Waals surface area contributed by atoms with Crippen LogP contribution in [-0.4, -0.2) is 71.0 Å². The molecule has 3 aromatic rings. The lowest BCUT2D eigenvalue weighted by Gasteiger charge is -2.30. The van der Waals surface area contributed by atoms with Gasteiger partial charge in [-0.15, -0.1) is 11.3 Å². The van der Waals surface area contributed by atoms with Gasteiger partial charge in [-0.25, -0.2) is 4.79 Å². The highest BCUT2D eigenvalue weighted by Crippen LogP contribution is 2.30. The number of hydrogen-bond acceptors (Lipinski definition) is 8. The number of carboxylic acids is 2. The topological polar surface area (TPSA) is 195 Å². The summed E-state index contributed by atoms with van der Waals surface area (Å²) in [4.78, 5) is 48.5. The molecule has 2 heterocycles. The van der Waals surface area contributed by atoms with Crippen LogP contribution in [-0.2, 0) is 19.2 Å². The number of alkyl halides is 3. The lowest BCUT2D eigenvalue weighted by molar-refractivity contribution is -0.192. The van der Waals surface area contributed by atoms with Crippen molar-refractivity contribution in [2.45, 2.75) is 43.1 Å². The fraction of sp³-hybridized carbons (Fsp3) is 0.300. The van der Waals surface area contributed by atoms with Crippen molar-refractivity contribution in [2.24, 2.45) is 5.73 Å². The first-order valence-corrected chi connectivity index (χ1v) is 14.5. The molecule has 0 radical (unpaired) electrons. The molecule has 1 amide bonds. The van der Waals surface area contributed by atoms with Crippen LogP contribution in [0.4, 0.5) is 13.2 Å². The van der Waals surface area contributed by atoms with E-state index < -0.39 is 54.6 Å². The van der Waals surface area contributed by atoms with Crippen LogP contribution in [0.15, 0.2) is 72.1 Å². The number of rotatable bonds is 12. The number of nitrogen functional groups attached to an aromatic ring is 1. The van der Waals surface area contributed by atoms with Crippen molar-refractivity contribution in [3.63, 3.8) is 0 Å². The van der Waals surface area contributed by atoms with Crippen molar-refractivity contribution >= 4 is 40.8 Å². The SMILES string of the molecule is N=C(N)c1cc(C(NC(=O)[C@H](NCC(=O)O)C(c2ccccc2)c2ccccc2)C(=O)[C@@H]2CCCN2)cs1.O=C(O)C(F)(F)F. The summed E-state index contributed by atoms with van der Waals surface area (Å²) in [6, 6.07) is 18.0. The fourth-order valence-electron chi connectivity index (χ4n) is 4.78. The van der Waals surface area contributed by atoms with E-state index in [2.05, 4.69) is 16.0 Å². The molecule has 11 nitrogen and oxygen atoms in total. The summed E-state index contributed by atoms with van der Waals surface area (Å²) in [5.74, 6) is -5.19. The van der Waals surface area contributed by atoms with Gasteiger partial charge >= 0.3 is 18.1 Å². The second kappa shape index (κ2) is 15.9. The summed E-state index contributed by atoms with van der Waals surface area (Å²) >= 11 is 1.23. The number of nitrogens with two attached hydrogens (primary N) is 1. The average Bonchev–Trinajstić information content (AvgIpc) is 3.72. The van der Waals surface area contributed by atoms with Gasteiger partial charge in [0.15, 0.2) is 5.78 Å². The summed E-state index contributed by atoms with van der Waals surface area (Å²) in [6.07, 6.45) is -3.57. The molecule has 8 N–H and O–H groups in total. The molecule has 0 aliphatic carbocycles. The van der Waals surface area contributed by atoms with Crippen molar-refractivity contribution in [1.29, 1.82) is 5.41 Å². The van der Waals surface area contributed by atoms with E-state index in [1.807, 2.05) is 60.7 Å². The van der Waals surface area contributed by atoms with E-state index in [9.17, 15) is 32.7 Å². The lowest BCUT2D eigenvalue weighted by atomic mass is 9.84. The second-order valence-corrected chi connectivity index (χ2v) is 10.9. The van der Waals surface area contributed by atoms with Crippen LogP contribution in [0, 0.1) is 5.41 Å². The number of aliphatic carboxylic acids is 2. The van der Waals surface area contributed by atoms with E-state index in [4.69, 9.17) is 21.0 Å². The summed E-state index contributed by atoms with van der Waals surface area (Å²) in [6.45, 7) is 0.274. The Morgan fingerprint density at radius 1 is 1.00 bits per heavy atom. The van der Waals surface area contributed by atoms with Gasteiger partial charge in [0.2, 0.25) is 5.91 Å². The number of amidine groups is 1. The minimum Gasteiger partial charge on any atom is -0.480 e. The van der Waals surface area contributed by atoms with Gasteiger partial charge in [-0.3, -0.25) is 25.1 Å². The molecular formula is C30H32F3N5O6S. The molecule has 15 heteroatoms. The van der Waals surface area contributed by atoms with E-state index in [1.165, 1.54) is 11.3 Å². The summed E-state index contributed by atoms with van der Waals surface area (Å²) in [5.41, 5.74) is 7.85. The molecule has 45 heavy (non-hydrogen) atoms. The maximum Gasteiger partial charge on any atom is 0.490 e. The minimum absolute atomic E-state index is 0.119. The number of nitrogens with one attached hydrogen (secondary N) is 4. The number of benzene rings is 2. The number of Topliss-reactive ketones (excluding diaryl/α,β-unsaturated/α-hetero) is 1. The minimum atomic E-state index is -5.08. The van der Waals surface area contributed by atoms with Gasteiger partial charge in [0.05, 0.1) is 23.5 Å². The predicted molar refractivity (Wildman–Crippen MR) is 160 cm³/mol. The van der Waals surface area contributed by atoms with Crippen LogP contribution in [0.2, 0.25) is 0 Å². The average molecular weight is 648 g/mol. The maximum atomic E-state index is 14.0. The van der Waals surface area contributed by atoms with Crippen molar-refractivity contribution in [3.8, 4) is 0 Å². The van der Waals surface area contributed by atoms with Crippen molar-refractivity contribution in [2.75, 3.05) is 13.1 Å². The Labute approximate surface area is 260 Å². The van der Waals surface area contributed by atoms with Crippen molar-refractivity contribution < 1.29 is 42.6 Å². The fourth-order valence-corrected chi connectivity index (χ4v) is 5.58. The van der Waals surface area contributed by atoms with E-state index in [-0.39, 0.29) is 11.6 Å². The highest BCUT2D eigenvalue weighted by Gasteiger charge is 2.38. The molecule has 4 rings (SSSR count). The Kier molecular flexibility index (Phi) is 12.3. The van der Waals surface area contributed by atoms with Crippen LogP contribution < -0.4 is 21.7 Å². The first kappa shape index (κ1) is 34.9. The van der Waals surface area contributed by atoms with Crippen LogP contribution in [0.5, 0.6) is 0 Å². The smallest absolute Gasteiger partial charge is 0.480 e. The lowest BCUT2D eigenvalue weighted by Crippen LogP contribution is -2.52. The highest BCUT2D eigenvalue weighted by atomic mass is 32.1. The zero-order chi connectivity index (χ0) is 33.1. The molecule has 2 aromatic carbocycles. The van der Waals surface area contributed by atoms with Gasteiger partial charge in [0.1, 0.15) is 11.9 Å². The standard InChI is InChI=1S/C28H31N5O4S.C2HF3O2/c29-27(30)21-14-19(16-38-21)24(26(36)20-12-7-13-31-20)33-28(37)25(32-15-22(34)35)23(17-8-3-1-4-9-17)18-10-5-2-6-11-18;3-2(4,5)1(6)7/h1-6,8-11,14,16,20,23-25,31-32H,7,12-13,15H2,(H3,29,30)(H,33,37)(H,34,35);(H,6,7)/t20-,24?,25+;/m0./s1.